The predicted molar refractivity (Wildman–Crippen MR) is 198 cm³/mol. The van der Waals surface area contributed by atoms with Crippen LogP contribution in [0.2, 0.25) is 0 Å². The molecular formula is C43H64N2O6. The van der Waals surface area contributed by atoms with Crippen LogP contribution in [0, 0.1) is 45.3 Å². The molecule has 7 rings (SSSR count). The standard InChI is InChI=1S/C43H64N2O6/c1-23(15-32(48)38-40(5,6)51-38)34-29-12-13-33-41(7)19-28(26-16-25(22-44-9)17-27(47)18-26)37(50)39(3,4)36(41)31(45-21-24(2)46)20-43(33)14-10-11-30(35(34)49)42(29,43)8/h16-18,23-24,28,30-33,36,38,44-48H,10-15,19-22H2,1-9H3/t23-,24+,28-,30+,31-,32-,33+,36?,38+,41-,42-,43-/m1/s1. The summed E-state index contributed by atoms with van der Waals surface area (Å²) in [4.78, 5) is 29.6. The Kier molecular flexibility index (Phi) is 9.11. The first-order chi connectivity index (χ1) is 23.8. The van der Waals surface area contributed by atoms with E-state index in [1.54, 1.807) is 12.1 Å². The van der Waals surface area contributed by atoms with E-state index in [2.05, 4.69) is 51.3 Å². The number of fused-ring (bicyclic) bond motifs is 2. The summed E-state index contributed by atoms with van der Waals surface area (Å²) in [7, 11) is 1.89. The van der Waals surface area contributed by atoms with E-state index in [4.69, 9.17) is 4.74 Å². The fourth-order valence-electron chi connectivity index (χ4n) is 13.8. The zero-order chi connectivity index (χ0) is 37.1. The fraction of sp³-hybridized carbons (Fsp3) is 0.767. The summed E-state index contributed by atoms with van der Waals surface area (Å²) < 4.78 is 5.81. The third-order valence-electron chi connectivity index (χ3n) is 15.6. The van der Waals surface area contributed by atoms with Crippen LogP contribution in [0.25, 0.3) is 0 Å². The second kappa shape index (κ2) is 12.5. The number of allylic oxidation sites excluding steroid dienone is 2. The number of ether oxygens (including phenoxy) is 1. The Bertz CT molecular complexity index is 1610. The van der Waals surface area contributed by atoms with Crippen LogP contribution in [0.1, 0.15) is 124 Å². The lowest BCUT2D eigenvalue weighted by Gasteiger charge is -2.73. The van der Waals surface area contributed by atoms with Gasteiger partial charge in [-0.05, 0) is 130 Å². The number of benzene rings is 1. The third-order valence-corrected chi connectivity index (χ3v) is 15.6. The van der Waals surface area contributed by atoms with E-state index in [0.717, 1.165) is 55.2 Å². The highest BCUT2D eigenvalue weighted by atomic mass is 16.6. The quantitative estimate of drug-likeness (QED) is 0.182. The zero-order valence-electron chi connectivity index (χ0n) is 32.6. The molecule has 8 heteroatoms. The first-order valence-electron chi connectivity index (χ1n) is 19.9. The lowest BCUT2D eigenvalue weighted by Crippen LogP contribution is -2.71. The summed E-state index contributed by atoms with van der Waals surface area (Å²) in [6.07, 6.45) is 5.55. The molecule has 0 radical (unpaired) electrons. The molecule has 1 unspecified atom stereocenters. The molecule has 4 saturated carbocycles. The molecule has 6 aliphatic rings. The first kappa shape index (κ1) is 37.2. The molecule has 0 amide bonds. The number of hydrogen-bond donors (Lipinski definition) is 5. The van der Waals surface area contributed by atoms with Gasteiger partial charge in [0.25, 0.3) is 0 Å². The number of aliphatic hydroxyl groups excluding tert-OH is 2. The molecule has 1 saturated heterocycles. The minimum absolute atomic E-state index is 0.00709. The van der Waals surface area contributed by atoms with Crippen molar-refractivity contribution in [2.24, 2.45) is 45.3 Å². The van der Waals surface area contributed by atoms with Gasteiger partial charge >= 0.3 is 0 Å². The van der Waals surface area contributed by atoms with Crippen LogP contribution < -0.4 is 10.6 Å². The highest BCUT2D eigenvalue weighted by Gasteiger charge is 2.75. The molecule has 1 spiro atoms. The first-order valence-corrected chi connectivity index (χ1v) is 19.9. The molecule has 5 fully saturated rings. The van der Waals surface area contributed by atoms with Crippen molar-refractivity contribution < 1.29 is 29.6 Å². The highest BCUT2D eigenvalue weighted by Crippen LogP contribution is 2.78. The van der Waals surface area contributed by atoms with Crippen LogP contribution in [0.3, 0.4) is 0 Å². The van der Waals surface area contributed by atoms with Gasteiger partial charge in [-0.1, -0.05) is 52.7 Å². The SMILES string of the molecule is CNCc1cc(O)cc([C@H]2C[C@@]3(C)C([C@H](NC[C@H](C)O)C[C@]45CCC[C@H]6C(=O)C([C@H](C)C[C@@H](O)[C@@H]7OC7(C)C)=C(CC[C@H]43)[C@]65C)C(C)(C)C2=O)c1. The molecule has 12 atom stereocenters. The lowest BCUT2D eigenvalue weighted by atomic mass is 9.31. The number of aliphatic hydroxyl groups is 2. The second-order valence-electron chi connectivity index (χ2n) is 19.4. The molecule has 1 aromatic rings. The van der Waals surface area contributed by atoms with E-state index >= 15 is 0 Å². The van der Waals surface area contributed by atoms with Gasteiger partial charge in [0.1, 0.15) is 17.6 Å². The predicted octanol–water partition coefficient (Wildman–Crippen LogP) is 6.21. The van der Waals surface area contributed by atoms with Crippen molar-refractivity contribution >= 4 is 11.6 Å². The minimum atomic E-state index is -0.657. The normalized spacial score (nSPS) is 41.0. The fourth-order valence-corrected chi connectivity index (χ4v) is 13.8. The van der Waals surface area contributed by atoms with Gasteiger partial charge in [-0.2, -0.15) is 0 Å². The Morgan fingerprint density at radius 3 is 2.35 bits per heavy atom. The van der Waals surface area contributed by atoms with Gasteiger partial charge in [0, 0.05) is 41.8 Å². The molecule has 8 nitrogen and oxygen atoms in total. The van der Waals surface area contributed by atoms with Gasteiger partial charge in [0.05, 0.1) is 17.8 Å². The number of epoxide rings is 1. The van der Waals surface area contributed by atoms with Crippen molar-refractivity contribution in [3.8, 4) is 5.75 Å². The van der Waals surface area contributed by atoms with Gasteiger partial charge in [0.2, 0.25) is 0 Å². The van der Waals surface area contributed by atoms with Crippen LogP contribution in [-0.2, 0) is 20.9 Å². The molecule has 1 heterocycles. The van der Waals surface area contributed by atoms with E-state index in [1.807, 2.05) is 27.8 Å². The largest absolute Gasteiger partial charge is 0.508 e. The van der Waals surface area contributed by atoms with Crippen LogP contribution in [0.5, 0.6) is 5.75 Å². The van der Waals surface area contributed by atoms with Crippen molar-refractivity contribution in [3.05, 3.63) is 40.5 Å². The van der Waals surface area contributed by atoms with Crippen molar-refractivity contribution in [1.29, 1.82) is 0 Å². The monoisotopic (exact) mass is 704 g/mol. The van der Waals surface area contributed by atoms with Crippen LogP contribution >= 0.6 is 0 Å². The van der Waals surface area contributed by atoms with Gasteiger partial charge in [-0.15, -0.1) is 0 Å². The van der Waals surface area contributed by atoms with Crippen molar-refractivity contribution in [2.75, 3.05) is 13.6 Å². The molecule has 1 aromatic carbocycles. The van der Waals surface area contributed by atoms with Gasteiger partial charge in [-0.25, -0.2) is 0 Å². The Balaban J connectivity index is 1.34. The molecule has 5 aliphatic carbocycles. The number of Topliss-reactive ketones (excluding diaryl/α,β-unsaturated/α-hetero) is 2. The number of nitrogens with one attached hydrogen (secondary N) is 2. The molecule has 1 aliphatic heterocycles. The van der Waals surface area contributed by atoms with E-state index in [9.17, 15) is 24.9 Å². The molecule has 0 aromatic heterocycles. The van der Waals surface area contributed by atoms with Gasteiger partial charge < -0.3 is 30.7 Å². The van der Waals surface area contributed by atoms with Crippen molar-refractivity contribution in [1.82, 2.24) is 10.6 Å². The average molecular weight is 705 g/mol. The van der Waals surface area contributed by atoms with E-state index in [1.165, 1.54) is 5.57 Å². The van der Waals surface area contributed by atoms with E-state index < -0.39 is 17.6 Å². The Morgan fingerprint density at radius 1 is 1.00 bits per heavy atom. The zero-order valence-corrected chi connectivity index (χ0v) is 32.6. The molecule has 51 heavy (non-hydrogen) atoms. The Labute approximate surface area is 305 Å². The number of phenolic OH excluding ortho intramolecular Hbond substituents is 1. The smallest absolute Gasteiger partial charge is 0.163 e. The number of ketones is 2. The van der Waals surface area contributed by atoms with E-state index in [0.29, 0.717) is 37.6 Å². The van der Waals surface area contributed by atoms with Gasteiger partial charge in [-0.3, -0.25) is 9.59 Å². The topological polar surface area (TPSA) is 131 Å². The van der Waals surface area contributed by atoms with Crippen LogP contribution in [0.15, 0.2) is 29.3 Å². The highest BCUT2D eigenvalue weighted by molar-refractivity contribution is 6.02. The van der Waals surface area contributed by atoms with Gasteiger partial charge in [0.15, 0.2) is 5.78 Å². The lowest BCUT2D eigenvalue weighted by molar-refractivity contribution is -0.215. The summed E-state index contributed by atoms with van der Waals surface area (Å²) in [6.45, 7) is 18.2. The molecule has 282 valence electrons. The third kappa shape index (κ3) is 5.46. The second-order valence-corrected chi connectivity index (χ2v) is 19.4. The summed E-state index contributed by atoms with van der Waals surface area (Å²) in [5.74, 6) is 0.582. The van der Waals surface area contributed by atoms with E-state index in [-0.39, 0.29) is 69.2 Å². The molecular weight excluding hydrogens is 640 g/mol. The Morgan fingerprint density at radius 2 is 1.71 bits per heavy atom. The summed E-state index contributed by atoms with van der Waals surface area (Å²) in [5, 5.41) is 39.6. The number of aromatic hydroxyl groups is 1. The number of rotatable bonds is 10. The van der Waals surface area contributed by atoms with Crippen molar-refractivity contribution in [3.63, 3.8) is 0 Å². The Hall–Kier alpha value is -2.10. The maximum Gasteiger partial charge on any atom is 0.163 e. The maximum absolute atomic E-state index is 14.8. The molecule has 0 bridgehead atoms. The number of carbonyl (C=O) groups is 2. The summed E-state index contributed by atoms with van der Waals surface area (Å²) in [6, 6.07) is 5.67. The van der Waals surface area contributed by atoms with Crippen LogP contribution in [-0.4, -0.2) is 70.4 Å². The maximum atomic E-state index is 14.8. The number of carbonyl (C=O) groups excluding carboxylic acids is 2. The molecule has 5 N–H and O–H groups in total. The average Bonchev–Trinajstić information content (AvgIpc) is 3.62. The van der Waals surface area contributed by atoms with Crippen LogP contribution in [0.4, 0.5) is 0 Å². The summed E-state index contributed by atoms with van der Waals surface area (Å²) >= 11 is 0. The van der Waals surface area contributed by atoms with Crippen molar-refractivity contribution in [2.45, 2.75) is 149 Å². The minimum Gasteiger partial charge on any atom is -0.508 e. The summed E-state index contributed by atoms with van der Waals surface area (Å²) in [5.41, 5.74) is 2.50. The number of phenols is 1. The number of hydrogen-bond acceptors (Lipinski definition) is 8.